The highest BCUT2D eigenvalue weighted by Gasteiger charge is 2.14. The van der Waals surface area contributed by atoms with Crippen molar-refractivity contribution in [3.8, 4) is 11.5 Å². The summed E-state index contributed by atoms with van der Waals surface area (Å²) in [5.41, 5.74) is 0. The average molecular weight is 407 g/mol. The molecule has 0 radical (unpaired) electrons. The first-order valence-electron chi connectivity index (χ1n) is 6.84. The number of fused-ring (bicyclic) bond motifs is 1. The first kappa shape index (κ1) is 16.4. The zero-order valence-electron chi connectivity index (χ0n) is 12.2. The summed E-state index contributed by atoms with van der Waals surface area (Å²) in [5.74, 6) is -0.350. The van der Waals surface area contributed by atoms with Crippen molar-refractivity contribution in [2.24, 2.45) is 0 Å². The summed E-state index contributed by atoms with van der Waals surface area (Å²) in [7, 11) is 0. The molecule has 122 valence electrons. The Labute approximate surface area is 149 Å². The number of halogens is 1. The molecule has 0 saturated carbocycles. The van der Waals surface area contributed by atoms with Gasteiger partial charge in [0.2, 0.25) is 0 Å². The van der Waals surface area contributed by atoms with Crippen LogP contribution < -0.4 is 10.1 Å². The summed E-state index contributed by atoms with van der Waals surface area (Å²) in [6, 6.07) is 9.03. The number of nitrogens with zero attached hydrogens (tertiary/aromatic N) is 1. The van der Waals surface area contributed by atoms with Gasteiger partial charge in [0.15, 0.2) is 5.75 Å². The number of aromatic nitrogens is 1. The number of ether oxygens (including phenoxy) is 1. The number of carbonyl (C=O) groups is 2. The van der Waals surface area contributed by atoms with Gasteiger partial charge in [-0.15, -0.1) is 11.3 Å². The summed E-state index contributed by atoms with van der Waals surface area (Å²) >= 11 is 4.59. The summed E-state index contributed by atoms with van der Waals surface area (Å²) < 4.78 is 7.56. The average Bonchev–Trinajstić information content (AvgIpc) is 3.00. The SMILES string of the molecule is O=C(O)CNC(=O)c1cc2c(Oc3ccc(Br)cc3)cncc2s1. The highest BCUT2D eigenvalue weighted by molar-refractivity contribution is 9.10. The Hall–Kier alpha value is -2.45. The molecule has 2 aromatic heterocycles. The molecule has 1 amide bonds. The van der Waals surface area contributed by atoms with E-state index in [2.05, 4.69) is 26.2 Å². The Morgan fingerprint density at radius 2 is 2.00 bits per heavy atom. The van der Waals surface area contributed by atoms with Gasteiger partial charge in [0.05, 0.1) is 15.8 Å². The minimum atomic E-state index is -1.09. The number of nitrogens with one attached hydrogen (secondary N) is 1. The van der Waals surface area contributed by atoms with E-state index in [4.69, 9.17) is 9.84 Å². The van der Waals surface area contributed by atoms with Crippen molar-refractivity contribution in [2.45, 2.75) is 0 Å². The predicted octanol–water partition coefficient (Wildman–Crippen LogP) is 3.67. The fourth-order valence-corrected chi connectivity index (χ4v) is 3.23. The van der Waals surface area contributed by atoms with Crippen LogP contribution in [-0.2, 0) is 4.79 Å². The maximum Gasteiger partial charge on any atom is 0.322 e. The van der Waals surface area contributed by atoms with E-state index < -0.39 is 18.4 Å². The van der Waals surface area contributed by atoms with Gasteiger partial charge in [-0.1, -0.05) is 15.9 Å². The zero-order chi connectivity index (χ0) is 17.1. The molecular formula is C16H11BrN2O4S. The molecule has 3 aromatic rings. The van der Waals surface area contributed by atoms with Gasteiger partial charge in [0.25, 0.3) is 5.91 Å². The number of benzene rings is 1. The number of hydrogen-bond acceptors (Lipinski definition) is 5. The van der Waals surface area contributed by atoms with E-state index in [9.17, 15) is 9.59 Å². The third-order valence-corrected chi connectivity index (χ3v) is 4.67. The molecule has 0 aliphatic heterocycles. The minimum Gasteiger partial charge on any atom is -0.480 e. The molecule has 0 bridgehead atoms. The first-order chi connectivity index (χ1) is 11.5. The van der Waals surface area contributed by atoms with Gasteiger partial charge in [-0.2, -0.15) is 0 Å². The summed E-state index contributed by atoms with van der Waals surface area (Å²) in [4.78, 5) is 27.1. The van der Waals surface area contributed by atoms with Crippen LogP contribution in [0.1, 0.15) is 9.67 Å². The fourth-order valence-electron chi connectivity index (χ4n) is 2.00. The van der Waals surface area contributed by atoms with Gasteiger partial charge in [-0.3, -0.25) is 14.6 Å². The third kappa shape index (κ3) is 3.72. The number of carbonyl (C=O) groups excluding carboxylic acids is 1. The van der Waals surface area contributed by atoms with Gasteiger partial charge < -0.3 is 15.2 Å². The Bertz CT molecular complexity index is 908. The number of hydrogen-bond donors (Lipinski definition) is 2. The normalized spacial score (nSPS) is 10.5. The van der Waals surface area contributed by atoms with Crippen LogP contribution >= 0.6 is 27.3 Å². The molecule has 0 fully saturated rings. The molecule has 2 N–H and O–H groups in total. The quantitative estimate of drug-likeness (QED) is 0.674. The molecule has 0 saturated heterocycles. The molecule has 1 aromatic carbocycles. The van der Waals surface area contributed by atoms with Crippen LogP contribution in [0.15, 0.2) is 47.2 Å². The van der Waals surface area contributed by atoms with E-state index >= 15 is 0 Å². The second-order valence-corrected chi connectivity index (χ2v) is 6.79. The minimum absolute atomic E-state index is 0.403. The number of carboxylic acids is 1. The maximum absolute atomic E-state index is 12.0. The number of pyridine rings is 1. The second kappa shape index (κ2) is 6.98. The zero-order valence-corrected chi connectivity index (χ0v) is 14.6. The van der Waals surface area contributed by atoms with E-state index in [-0.39, 0.29) is 0 Å². The van der Waals surface area contributed by atoms with Crippen LogP contribution in [0.4, 0.5) is 0 Å². The lowest BCUT2D eigenvalue weighted by Gasteiger charge is -2.06. The summed E-state index contributed by atoms with van der Waals surface area (Å²) in [5, 5.41) is 11.7. The van der Waals surface area contributed by atoms with E-state index in [1.165, 1.54) is 11.3 Å². The van der Waals surface area contributed by atoms with E-state index in [1.54, 1.807) is 18.5 Å². The Morgan fingerprint density at radius 3 is 2.71 bits per heavy atom. The van der Waals surface area contributed by atoms with E-state index in [0.717, 1.165) is 14.6 Å². The Balaban J connectivity index is 1.88. The van der Waals surface area contributed by atoms with Crippen LogP contribution in [0.25, 0.3) is 10.1 Å². The molecular weight excluding hydrogens is 396 g/mol. The largest absolute Gasteiger partial charge is 0.480 e. The summed E-state index contributed by atoms with van der Waals surface area (Å²) in [6.07, 6.45) is 3.22. The van der Waals surface area contributed by atoms with Crippen LogP contribution in [0.3, 0.4) is 0 Å². The lowest BCUT2D eigenvalue weighted by atomic mass is 10.2. The molecule has 8 heteroatoms. The molecule has 2 heterocycles. The van der Waals surface area contributed by atoms with Crippen molar-refractivity contribution in [2.75, 3.05) is 6.54 Å². The Kier molecular flexibility index (Phi) is 4.77. The molecule has 24 heavy (non-hydrogen) atoms. The van der Waals surface area contributed by atoms with E-state index in [1.807, 2.05) is 24.3 Å². The van der Waals surface area contributed by atoms with Crippen molar-refractivity contribution in [1.29, 1.82) is 0 Å². The fraction of sp³-hybridized carbons (Fsp3) is 0.0625. The van der Waals surface area contributed by atoms with Crippen LogP contribution in [0.2, 0.25) is 0 Å². The van der Waals surface area contributed by atoms with Crippen molar-refractivity contribution in [3.63, 3.8) is 0 Å². The topological polar surface area (TPSA) is 88.5 Å². The van der Waals surface area contributed by atoms with Gasteiger partial charge in [0, 0.05) is 16.1 Å². The van der Waals surface area contributed by atoms with Crippen LogP contribution in [-0.4, -0.2) is 28.5 Å². The lowest BCUT2D eigenvalue weighted by Crippen LogP contribution is -2.28. The van der Waals surface area contributed by atoms with Crippen molar-refractivity contribution in [1.82, 2.24) is 10.3 Å². The third-order valence-electron chi connectivity index (χ3n) is 3.08. The smallest absolute Gasteiger partial charge is 0.322 e. The second-order valence-electron chi connectivity index (χ2n) is 4.79. The molecule has 6 nitrogen and oxygen atoms in total. The van der Waals surface area contributed by atoms with E-state index in [0.29, 0.717) is 16.4 Å². The molecule has 0 spiro atoms. The maximum atomic E-state index is 12.0. The monoisotopic (exact) mass is 406 g/mol. The molecule has 0 atom stereocenters. The highest BCUT2D eigenvalue weighted by atomic mass is 79.9. The number of thiophene rings is 1. The number of carboxylic acid groups (broad SMARTS) is 1. The molecule has 0 aliphatic carbocycles. The van der Waals surface area contributed by atoms with Crippen LogP contribution in [0, 0.1) is 0 Å². The number of rotatable bonds is 5. The summed E-state index contributed by atoms with van der Waals surface area (Å²) in [6.45, 7) is -0.423. The van der Waals surface area contributed by atoms with Gasteiger partial charge >= 0.3 is 5.97 Å². The van der Waals surface area contributed by atoms with Crippen molar-refractivity contribution >= 4 is 49.2 Å². The number of aliphatic carboxylic acids is 1. The first-order valence-corrected chi connectivity index (χ1v) is 8.45. The van der Waals surface area contributed by atoms with Crippen molar-refractivity contribution in [3.05, 3.63) is 52.1 Å². The van der Waals surface area contributed by atoms with Gasteiger partial charge in [-0.05, 0) is 30.3 Å². The predicted molar refractivity (Wildman–Crippen MR) is 93.8 cm³/mol. The van der Waals surface area contributed by atoms with Gasteiger partial charge in [-0.25, -0.2) is 0 Å². The standard InChI is InChI=1S/C16H11BrN2O4S/c17-9-1-3-10(4-2-9)23-12-6-18-7-14-11(12)5-13(24-14)16(22)19-8-15(20)21/h1-7H,8H2,(H,19,22)(H,20,21). The van der Waals surface area contributed by atoms with Crippen molar-refractivity contribution < 1.29 is 19.4 Å². The molecule has 0 unspecified atom stereocenters. The Morgan fingerprint density at radius 1 is 1.25 bits per heavy atom. The van der Waals surface area contributed by atoms with Gasteiger partial charge in [0.1, 0.15) is 12.3 Å². The molecule has 0 aliphatic rings. The lowest BCUT2D eigenvalue weighted by molar-refractivity contribution is -0.135. The number of amides is 1. The molecule has 3 rings (SSSR count). The highest BCUT2D eigenvalue weighted by Crippen LogP contribution is 2.34. The van der Waals surface area contributed by atoms with Crippen LogP contribution in [0.5, 0.6) is 11.5 Å².